The Labute approximate surface area is 124 Å². The van der Waals surface area contributed by atoms with E-state index in [2.05, 4.69) is 26.4 Å². The van der Waals surface area contributed by atoms with E-state index in [4.69, 9.17) is 0 Å². The number of anilines is 1. The van der Waals surface area contributed by atoms with Gasteiger partial charge in [-0.3, -0.25) is 10.2 Å². The van der Waals surface area contributed by atoms with E-state index in [1.165, 1.54) is 19.3 Å². The summed E-state index contributed by atoms with van der Waals surface area (Å²) in [7, 11) is 0. The molecule has 0 saturated heterocycles. The Morgan fingerprint density at radius 3 is 2.71 bits per heavy atom. The van der Waals surface area contributed by atoms with Gasteiger partial charge in [-0.15, -0.1) is 0 Å². The van der Waals surface area contributed by atoms with Crippen molar-refractivity contribution in [2.75, 3.05) is 5.43 Å². The molecule has 0 aliphatic heterocycles. The van der Waals surface area contributed by atoms with E-state index < -0.39 is 0 Å². The minimum atomic E-state index is 0.238. The second kappa shape index (κ2) is 6.69. The molecule has 0 spiro atoms. The van der Waals surface area contributed by atoms with Gasteiger partial charge < -0.3 is 5.43 Å². The lowest BCUT2D eigenvalue weighted by Gasteiger charge is -2.22. The monoisotopic (exact) mass is 290 g/mol. The van der Waals surface area contributed by atoms with E-state index in [1.807, 2.05) is 4.68 Å². The molecule has 0 radical (unpaired) electrons. The van der Waals surface area contributed by atoms with Crippen LogP contribution in [0.25, 0.3) is 0 Å². The molecule has 0 bridgehead atoms. The van der Waals surface area contributed by atoms with E-state index in [0.29, 0.717) is 18.4 Å². The summed E-state index contributed by atoms with van der Waals surface area (Å²) in [5, 5.41) is 11.8. The Morgan fingerprint density at radius 2 is 1.90 bits per heavy atom. The predicted molar refractivity (Wildman–Crippen MR) is 78.3 cm³/mol. The van der Waals surface area contributed by atoms with Crippen molar-refractivity contribution in [1.29, 1.82) is 0 Å². The zero-order valence-corrected chi connectivity index (χ0v) is 12.2. The van der Waals surface area contributed by atoms with Gasteiger partial charge in [0, 0.05) is 18.2 Å². The summed E-state index contributed by atoms with van der Waals surface area (Å²) >= 11 is 0. The molecule has 0 unspecified atom stereocenters. The van der Waals surface area contributed by atoms with Gasteiger partial charge in [0.25, 0.3) is 5.95 Å². The molecule has 114 valence electrons. The maximum absolute atomic E-state index is 11.7. The number of tetrazole rings is 1. The fraction of sp³-hybridized carbons (Fsp3) is 0.714. The maximum Gasteiger partial charge on any atom is 0.261 e. The van der Waals surface area contributed by atoms with Crippen LogP contribution in [-0.4, -0.2) is 26.0 Å². The molecule has 2 saturated carbocycles. The van der Waals surface area contributed by atoms with Crippen LogP contribution in [-0.2, 0) is 4.79 Å². The average Bonchev–Trinajstić information content (AvgIpc) is 2.99. The Hall–Kier alpha value is -1.92. The SMILES string of the molecule is O=C1CCCCC1=CNNc1nnnn1C1CCCCC1. The fourth-order valence-electron chi connectivity index (χ4n) is 3.09. The Kier molecular flexibility index (Phi) is 4.47. The molecule has 2 fully saturated rings. The van der Waals surface area contributed by atoms with Crippen molar-refractivity contribution in [3.8, 4) is 0 Å². The van der Waals surface area contributed by atoms with Gasteiger partial charge >= 0.3 is 0 Å². The zero-order valence-electron chi connectivity index (χ0n) is 12.2. The van der Waals surface area contributed by atoms with E-state index in [9.17, 15) is 4.79 Å². The number of carbonyl (C=O) groups excluding carboxylic acids is 1. The summed E-state index contributed by atoms with van der Waals surface area (Å²) in [4.78, 5) is 11.7. The first-order valence-electron chi connectivity index (χ1n) is 7.86. The van der Waals surface area contributed by atoms with E-state index in [-0.39, 0.29) is 5.78 Å². The second-order valence-corrected chi connectivity index (χ2v) is 5.81. The van der Waals surface area contributed by atoms with E-state index >= 15 is 0 Å². The molecule has 2 aliphatic carbocycles. The van der Waals surface area contributed by atoms with Crippen molar-refractivity contribution >= 4 is 11.7 Å². The molecule has 0 amide bonds. The van der Waals surface area contributed by atoms with Crippen molar-refractivity contribution in [2.45, 2.75) is 63.8 Å². The topological polar surface area (TPSA) is 84.7 Å². The minimum Gasteiger partial charge on any atom is -0.305 e. The van der Waals surface area contributed by atoms with Crippen LogP contribution in [0.4, 0.5) is 5.95 Å². The van der Waals surface area contributed by atoms with Gasteiger partial charge in [-0.1, -0.05) is 24.4 Å². The molecule has 3 rings (SSSR count). The smallest absolute Gasteiger partial charge is 0.261 e. The number of hydrogen-bond acceptors (Lipinski definition) is 6. The fourth-order valence-corrected chi connectivity index (χ4v) is 3.09. The van der Waals surface area contributed by atoms with Crippen LogP contribution < -0.4 is 10.9 Å². The normalized spacial score (nSPS) is 22.5. The summed E-state index contributed by atoms with van der Waals surface area (Å²) in [6.45, 7) is 0. The van der Waals surface area contributed by atoms with Gasteiger partial charge in [-0.05, 0) is 42.5 Å². The Morgan fingerprint density at radius 1 is 1.10 bits per heavy atom. The lowest BCUT2D eigenvalue weighted by atomic mass is 9.94. The molecule has 1 aromatic heterocycles. The van der Waals surface area contributed by atoms with Crippen LogP contribution in [0.5, 0.6) is 0 Å². The number of allylic oxidation sites excluding steroid dienone is 1. The molecule has 7 heteroatoms. The van der Waals surface area contributed by atoms with Crippen molar-refractivity contribution in [3.05, 3.63) is 11.8 Å². The summed E-state index contributed by atoms with van der Waals surface area (Å²) in [6.07, 6.45) is 11.4. The molecular weight excluding hydrogens is 268 g/mol. The standard InChI is InChI=1S/C14H22N6O/c21-13-9-5-4-6-11(13)10-15-16-14-17-18-19-20(14)12-7-2-1-3-8-12/h10,12,15H,1-9H2,(H,16,17,19). The van der Waals surface area contributed by atoms with Crippen molar-refractivity contribution in [2.24, 2.45) is 0 Å². The van der Waals surface area contributed by atoms with Gasteiger partial charge in [0.1, 0.15) is 0 Å². The van der Waals surface area contributed by atoms with Gasteiger partial charge in [0.05, 0.1) is 6.04 Å². The highest BCUT2D eigenvalue weighted by Gasteiger charge is 2.20. The predicted octanol–water partition coefficient (Wildman–Crippen LogP) is 2.12. The molecule has 0 atom stereocenters. The van der Waals surface area contributed by atoms with E-state index in [1.54, 1.807) is 6.20 Å². The quantitative estimate of drug-likeness (QED) is 0.652. The minimum absolute atomic E-state index is 0.238. The number of ketones is 1. The summed E-state index contributed by atoms with van der Waals surface area (Å²) in [5.74, 6) is 0.851. The number of hydrogen-bond donors (Lipinski definition) is 2. The van der Waals surface area contributed by atoms with Gasteiger partial charge in [0.15, 0.2) is 5.78 Å². The lowest BCUT2D eigenvalue weighted by Crippen LogP contribution is -2.24. The Bertz CT molecular complexity index is 517. The van der Waals surface area contributed by atoms with Crippen LogP contribution in [0.1, 0.15) is 63.8 Å². The number of hydrazine groups is 1. The number of nitrogens with one attached hydrogen (secondary N) is 2. The maximum atomic E-state index is 11.7. The molecule has 0 aromatic carbocycles. The van der Waals surface area contributed by atoms with Crippen LogP contribution in [0.2, 0.25) is 0 Å². The first kappa shape index (κ1) is 14.0. The molecule has 2 N–H and O–H groups in total. The van der Waals surface area contributed by atoms with Crippen molar-refractivity contribution in [1.82, 2.24) is 25.6 Å². The van der Waals surface area contributed by atoms with Crippen LogP contribution in [0.3, 0.4) is 0 Å². The highest BCUT2D eigenvalue weighted by atomic mass is 16.1. The molecule has 1 heterocycles. The number of Topliss-reactive ketones (excluding diaryl/α,β-unsaturated/α-hetero) is 1. The van der Waals surface area contributed by atoms with Crippen LogP contribution in [0, 0.1) is 0 Å². The van der Waals surface area contributed by atoms with Gasteiger partial charge in [0.2, 0.25) is 0 Å². The third kappa shape index (κ3) is 3.40. The van der Waals surface area contributed by atoms with E-state index in [0.717, 1.165) is 37.7 Å². The highest BCUT2D eigenvalue weighted by Crippen LogP contribution is 2.28. The number of aromatic nitrogens is 4. The van der Waals surface area contributed by atoms with Gasteiger partial charge in [-0.2, -0.15) is 0 Å². The first-order valence-corrected chi connectivity index (χ1v) is 7.86. The summed E-state index contributed by atoms with van der Waals surface area (Å²) in [6, 6.07) is 0.377. The van der Waals surface area contributed by atoms with Crippen LogP contribution in [0.15, 0.2) is 11.8 Å². The molecule has 1 aromatic rings. The molecule has 2 aliphatic rings. The third-order valence-corrected chi connectivity index (χ3v) is 4.30. The second-order valence-electron chi connectivity index (χ2n) is 5.81. The number of rotatable bonds is 4. The van der Waals surface area contributed by atoms with Crippen molar-refractivity contribution in [3.63, 3.8) is 0 Å². The first-order chi connectivity index (χ1) is 10.3. The Balaban J connectivity index is 1.59. The largest absolute Gasteiger partial charge is 0.305 e. The third-order valence-electron chi connectivity index (χ3n) is 4.30. The molecular formula is C14H22N6O. The van der Waals surface area contributed by atoms with Crippen LogP contribution >= 0.6 is 0 Å². The molecule has 21 heavy (non-hydrogen) atoms. The summed E-state index contributed by atoms with van der Waals surface area (Å²) in [5.41, 5.74) is 6.83. The average molecular weight is 290 g/mol. The van der Waals surface area contributed by atoms with Crippen molar-refractivity contribution < 1.29 is 4.79 Å². The zero-order chi connectivity index (χ0) is 14.5. The molecule has 7 nitrogen and oxygen atoms in total. The van der Waals surface area contributed by atoms with Gasteiger partial charge in [-0.25, -0.2) is 4.68 Å². The number of carbonyl (C=O) groups is 1. The summed E-state index contributed by atoms with van der Waals surface area (Å²) < 4.78 is 1.85. The lowest BCUT2D eigenvalue weighted by molar-refractivity contribution is -0.116. The highest BCUT2D eigenvalue weighted by molar-refractivity contribution is 5.95. The number of nitrogens with zero attached hydrogens (tertiary/aromatic N) is 4.